The summed E-state index contributed by atoms with van der Waals surface area (Å²) in [5.41, 5.74) is 2.39. The summed E-state index contributed by atoms with van der Waals surface area (Å²) in [7, 11) is 0. The second-order valence-electron chi connectivity index (χ2n) is 8.19. The highest BCUT2D eigenvalue weighted by Crippen LogP contribution is 2.37. The van der Waals surface area contributed by atoms with Crippen LogP contribution in [0.25, 0.3) is 11.3 Å². The van der Waals surface area contributed by atoms with E-state index in [1.54, 1.807) is 31.2 Å². The van der Waals surface area contributed by atoms with E-state index in [2.05, 4.69) is 13.2 Å². The van der Waals surface area contributed by atoms with E-state index >= 15 is 0 Å². The second kappa shape index (κ2) is 10.4. The summed E-state index contributed by atoms with van der Waals surface area (Å²) in [4.78, 5) is 23.0. The van der Waals surface area contributed by atoms with Crippen LogP contribution in [0.15, 0.2) is 89.9 Å². The SMILES string of the molecule is C=CC(=O)Oc1ccc(-c2ccc(C3CCC(c4ccc(OC(=O)C(=C)C)cc4)CO3)o2)cc1. The molecule has 1 aromatic heterocycles. The third-order valence-electron chi connectivity index (χ3n) is 5.65. The monoisotopic (exact) mass is 458 g/mol. The van der Waals surface area contributed by atoms with E-state index < -0.39 is 11.9 Å². The molecule has 0 saturated carbocycles. The van der Waals surface area contributed by atoms with Gasteiger partial charge in [0.15, 0.2) is 0 Å². The fourth-order valence-corrected chi connectivity index (χ4v) is 3.77. The van der Waals surface area contributed by atoms with Crippen LogP contribution in [0.5, 0.6) is 11.5 Å². The normalized spacial score (nSPS) is 17.6. The smallest absolute Gasteiger partial charge is 0.338 e. The molecule has 34 heavy (non-hydrogen) atoms. The Bertz CT molecular complexity index is 1180. The molecule has 0 amide bonds. The van der Waals surface area contributed by atoms with Gasteiger partial charge in [-0.2, -0.15) is 0 Å². The highest BCUT2D eigenvalue weighted by molar-refractivity contribution is 5.88. The molecule has 0 spiro atoms. The van der Waals surface area contributed by atoms with Gasteiger partial charge < -0.3 is 18.6 Å². The van der Waals surface area contributed by atoms with Gasteiger partial charge in [0.1, 0.15) is 29.1 Å². The molecule has 2 heterocycles. The third-order valence-corrected chi connectivity index (χ3v) is 5.65. The maximum absolute atomic E-state index is 11.7. The number of hydrogen-bond donors (Lipinski definition) is 0. The Morgan fingerprint density at radius 3 is 2.24 bits per heavy atom. The highest BCUT2D eigenvalue weighted by atomic mass is 16.5. The molecule has 4 rings (SSSR count). The zero-order chi connectivity index (χ0) is 24.1. The van der Waals surface area contributed by atoms with E-state index in [1.165, 1.54) is 0 Å². The number of esters is 2. The van der Waals surface area contributed by atoms with Gasteiger partial charge in [-0.1, -0.05) is 25.3 Å². The number of carbonyl (C=O) groups excluding carboxylic acids is 2. The van der Waals surface area contributed by atoms with Gasteiger partial charge in [-0.15, -0.1) is 0 Å². The van der Waals surface area contributed by atoms with E-state index in [1.807, 2.05) is 36.4 Å². The Balaban J connectivity index is 1.33. The first-order chi connectivity index (χ1) is 16.4. The lowest BCUT2D eigenvalue weighted by atomic mass is 9.91. The Kier molecular flexibility index (Phi) is 7.09. The first-order valence-electron chi connectivity index (χ1n) is 11.1. The molecular formula is C28H26O6. The molecule has 6 nitrogen and oxygen atoms in total. The van der Waals surface area contributed by atoms with Crippen LogP contribution in [0.4, 0.5) is 0 Å². The molecule has 1 fully saturated rings. The van der Waals surface area contributed by atoms with Crippen molar-refractivity contribution in [1.29, 1.82) is 0 Å². The predicted molar refractivity (Wildman–Crippen MR) is 128 cm³/mol. The quantitative estimate of drug-likeness (QED) is 0.240. The molecule has 2 atom stereocenters. The fraction of sp³-hybridized carbons (Fsp3) is 0.214. The first-order valence-corrected chi connectivity index (χ1v) is 11.1. The lowest BCUT2D eigenvalue weighted by molar-refractivity contribution is -0.130. The summed E-state index contributed by atoms with van der Waals surface area (Å²) >= 11 is 0. The molecule has 174 valence electrons. The van der Waals surface area contributed by atoms with Crippen LogP contribution in [0.3, 0.4) is 0 Å². The number of ether oxygens (including phenoxy) is 3. The third kappa shape index (κ3) is 5.53. The largest absolute Gasteiger partial charge is 0.458 e. The fourth-order valence-electron chi connectivity index (χ4n) is 3.77. The predicted octanol–water partition coefficient (Wildman–Crippen LogP) is 6.15. The average Bonchev–Trinajstić information content (AvgIpc) is 3.35. The number of carbonyl (C=O) groups is 2. The first kappa shape index (κ1) is 23.3. The maximum Gasteiger partial charge on any atom is 0.338 e. The summed E-state index contributed by atoms with van der Waals surface area (Å²) in [6, 6.07) is 18.5. The molecule has 0 aliphatic carbocycles. The van der Waals surface area contributed by atoms with Crippen LogP contribution in [-0.4, -0.2) is 18.5 Å². The van der Waals surface area contributed by atoms with Gasteiger partial charge in [-0.05, 0) is 73.9 Å². The van der Waals surface area contributed by atoms with Gasteiger partial charge in [0.2, 0.25) is 0 Å². The van der Waals surface area contributed by atoms with Crippen molar-refractivity contribution in [2.24, 2.45) is 0 Å². The molecule has 1 aliphatic heterocycles. The number of benzene rings is 2. The molecule has 6 heteroatoms. The summed E-state index contributed by atoms with van der Waals surface area (Å²) in [5, 5.41) is 0. The van der Waals surface area contributed by atoms with E-state index in [0.29, 0.717) is 23.7 Å². The van der Waals surface area contributed by atoms with Gasteiger partial charge in [0.25, 0.3) is 0 Å². The van der Waals surface area contributed by atoms with Crippen LogP contribution in [0, 0.1) is 0 Å². The van der Waals surface area contributed by atoms with E-state index in [-0.39, 0.29) is 12.0 Å². The van der Waals surface area contributed by atoms with Crippen LogP contribution >= 0.6 is 0 Å². The highest BCUT2D eigenvalue weighted by Gasteiger charge is 2.26. The van der Waals surface area contributed by atoms with E-state index in [4.69, 9.17) is 18.6 Å². The summed E-state index contributed by atoms with van der Waals surface area (Å²) in [6.07, 6.45) is 2.81. The van der Waals surface area contributed by atoms with Crippen LogP contribution in [0.2, 0.25) is 0 Å². The van der Waals surface area contributed by atoms with Crippen molar-refractivity contribution < 1.29 is 28.2 Å². The zero-order valence-electron chi connectivity index (χ0n) is 19.0. The van der Waals surface area contributed by atoms with Crippen LogP contribution in [0.1, 0.15) is 43.1 Å². The van der Waals surface area contributed by atoms with E-state index in [0.717, 1.165) is 41.6 Å². The number of rotatable bonds is 7. The summed E-state index contributed by atoms with van der Waals surface area (Å²) < 4.78 is 22.5. The molecule has 0 radical (unpaired) electrons. The number of hydrogen-bond acceptors (Lipinski definition) is 6. The van der Waals surface area contributed by atoms with Crippen LogP contribution in [-0.2, 0) is 14.3 Å². The molecule has 1 saturated heterocycles. The van der Waals surface area contributed by atoms with Crippen LogP contribution < -0.4 is 9.47 Å². The van der Waals surface area contributed by atoms with E-state index in [9.17, 15) is 9.59 Å². The molecule has 2 aromatic carbocycles. The summed E-state index contributed by atoms with van der Waals surface area (Å²) in [5.74, 6) is 1.80. The molecule has 3 aromatic rings. The second-order valence-corrected chi connectivity index (χ2v) is 8.19. The topological polar surface area (TPSA) is 75.0 Å². The zero-order valence-corrected chi connectivity index (χ0v) is 19.0. The summed E-state index contributed by atoms with van der Waals surface area (Å²) in [6.45, 7) is 9.18. The lowest BCUT2D eigenvalue weighted by Gasteiger charge is -2.28. The standard InChI is InChI=1S/C28H26O6/c1-4-27(29)32-22-12-7-20(8-13-22)24-15-16-26(34-24)25-14-9-21(17-31-25)19-5-10-23(11-6-19)33-28(30)18(2)3/h4-8,10-13,15-16,21,25H,1-2,9,14,17H2,3H3. The van der Waals surface area contributed by atoms with Crippen molar-refractivity contribution in [3.63, 3.8) is 0 Å². The minimum absolute atomic E-state index is 0.103. The van der Waals surface area contributed by atoms with Crippen molar-refractivity contribution in [3.05, 3.63) is 96.8 Å². The lowest BCUT2D eigenvalue weighted by Crippen LogP contribution is -2.19. The van der Waals surface area contributed by atoms with Crippen molar-refractivity contribution in [3.8, 4) is 22.8 Å². The molecule has 0 N–H and O–H groups in total. The van der Waals surface area contributed by atoms with Gasteiger partial charge >= 0.3 is 11.9 Å². The van der Waals surface area contributed by atoms with Gasteiger partial charge in [0.05, 0.1) is 6.61 Å². The Morgan fingerprint density at radius 2 is 1.62 bits per heavy atom. The van der Waals surface area contributed by atoms with Crippen molar-refractivity contribution in [2.45, 2.75) is 31.8 Å². The Hall–Kier alpha value is -3.90. The van der Waals surface area contributed by atoms with Gasteiger partial charge in [-0.25, -0.2) is 9.59 Å². The molecule has 1 aliphatic rings. The van der Waals surface area contributed by atoms with Crippen molar-refractivity contribution in [2.75, 3.05) is 6.61 Å². The minimum Gasteiger partial charge on any atom is -0.458 e. The van der Waals surface area contributed by atoms with Crippen molar-refractivity contribution in [1.82, 2.24) is 0 Å². The molecule has 0 bridgehead atoms. The Morgan fingerprint density at radius 1 is 0.941 bits per heavy atom. The van der Waals surface area contributed by atoms with Crippen molar-refractivity contribution >= 4 is 11.9 Å². The van der Waals surface area contributed by atoms with Gasteiger partial charge in [0, 0.05) is 23.1 Å². The molecular weight excluding hydrogens is 432 g/mol. The van der Waals surface area contributed by atoms with Gasteiger partial charge in [-0.3, -0.25) is 0 Å². The minimum atomic E-state index is -0.497. The number of furan rings is 1. The average molecular weight is 459 g/mol. The maximum atomic E-state index is 11.7. The molecule has 2 unspecified atom stereocenters. The Labute approximate surface area is 198 Å².